The smallest absolute Gasteiger partial charge is 0.392 e. The SMILES string of the molecule is NS(=O)(=O)c1ccccc1S(=O)(=O)NC(=O)c1ccc(-c2cc3ccccc3o2)c(OCCC(F)(F)F)c1. The lowest BCUT2D eigenvalue weighted by Crippen LogP contribution is -2.32. The first-order chi connectivity index (χ1) is 17.7. The van der Waals surface area contributed by atoms with Crippen molar-refractivity contribution in [2.45, 2.75) is 22.4 Å². The van der Waals surface area contributed by atoms with E-state index in [0.717, 1.165) is 18.2 Å². The van der Waals surface area contributed by atoms with E-state index in [1.54, 1.807) is 35.1 Å². The van der Waals surface area contributed by atoms with Crippen LogP contribution in [-0.4, -0.2) is 35.5 Å². The normalized spacial score (nSPS) is 12.4. The number of sulfonamides is 2. The number of para-hydroxylation sites is 1. The summed E-state index contributed by atoms with van der Waals surface area (Å²) in [7, 11) is -9.16. The van der Waals surface area contributed by atoms with E-state index in [1.807, 2.05) is 0 Å². The molecule has 4 aromatic rings. The van der Waals surface area contributed by atoms with Crippen molar-refractivity contribution < 1.29 is 44.0 Å². The predicted molar refractivity (Wildman–Crippen MR) is 130 cm³/mol. The molecular weight excluding hydrogens is 549 g/mol. The molecule has 0 aliphatic carbocycles. The number of nitrogens with two attached hydrogens (primary N) is 1. The second-order valence-corrected chi connectivity index (χ2v) is 11.2. The molecule has 38 heavy (non-hydrogen) atoms. The lowest BCUT2D eigenvalue weighted by molar-refractivity contribution is -0.139. The number of primary sulfonamides is 1. The highest BCUT2D eigenvalue weighted by Crippen LogP contribution is 2.35. The van der Waals surface area contributed by atoms with E-state index in [1.165, 1.54) is 24.3 Å². The monoisotopic (exact) mass is 568 g/mol. The largest absolute Gasteiger partial charge is 0.492 e. The van der Waals surface area contributed by atoms with Crippen molar-refractivity contribution in [1.29, 1.82) is 0 Å². The summed E-state index contributed by atoms with van der Waals surface area (Å²) in [5.74, 6) is -1.11. The first-order valence-corrected chi connectivity index (χ1v) is 13.8. The first kappa shape index (κ1) is 27.2. The zero-order valence-electron chi connectivity index (χ0n) is 19.2. The Bertz CT molecular complexity index is 1700. The van der Waals surface area contributed by atoms with Crippen LogP contribution < -0.4 is 14.6 Å². The number of carbonyl (C=O) groups excluding carboxylic acids is 1. The lowest BCUT2D eigenvalue weighted by Gasteiger charge is -2.14. The van der Waals surface area contributed by atoms with Crippen LogP contribution in [0.25, 0.3) is 22.3 Å². The molecule has 1 amide bonds. The Balaban J connectivity index is 1.69. The van der Waals surface area contributed by atoms with E-state index >= 15 is 0 Å². The van der Waals surface area contributed by atoms with Crippen LogP contribution in [0, 0.1) is 0 Å². The number of alkyl halides is 3. The van der Waals surface area contributed by atoms with Gasteiger partial charge in [-0.2, -0.15) is 13.2 Å². The van der Waals surface area contributed by atoms with Gasteiger partial charge in [0.1, 0.15) is 26.9 Å². The van der Waals surface area contributed by atoms with E-state index < -0.39 is 54.9 Å². The van der Waals surface area contributed by atoms with Crippen molar-refractivity contribution in [3.05, 3.63) is 78.4 Å². The van der Waals surface area contributed by atoms with Gasteiger partial charge >= 0.3 is 6.18 Å². The summed E-state index contributed by atoms with van der Waals surface area (Å²) >= 11 is 0. The number of benzene rings is 3. The number of furan rings is 1. The Kier molecular flexibility index (Phi) is 7.23. The summed E-state index contributed by atoms with van der Waals surface area (Å²) < 4.78 is 100. The molecule has 3 N–H and O–H groups in total. The third-order valence-electron chi connectivity index (χ3n) is 5.25. The molecule has 9 nitrogen and oxygen atoms in total. The van der Waals surface area contributed by atoms with Gasteiger partial charge in [0.15, 0.2) is 0 Å². The van der Waals surface area contributed by atoms with Crippen LogP contribution in [0.15, 0.2) is 87.0 Å². The van der Waals surface area contributed by atoms with Crippen LogP contribution in [0.4, 0.5) is 13.2 Å². The fourth-order valence-corrected chi connectivity index (χ4v) is 5.88. The van der Waals surface area contributed by atoms with Gasteiger partial charge in [-0.25, -0.2) is 26.7 Å². The van der Waals surface area contributed by atoms with Gasteiger partial charge in [0.2, 0.25) is 10.0 Å². The average molecular weight is 569 g/mol. The molecule has 4 rings (SSSR count). The van der Waals surface area contributed by atoms with E-state index in [0.29, 0.717) is 11.0 Å². The maximum atomic E-state index is 12.8. The van der Waals surface area contributed by atoms with Crippen LogP contribution in [0.3, 0.4) is 0 Å². The number of hydrogen-bond acceptors (Lipinski definition) is 7. The maximum absolute atomic E-state index is 12.8. The molecule has 1 heterocycles. The maximum Gasteiger partial charge on any atom is 0.392 e. The summed E-state index contributed by atoms with van der Waals surface area (Å²) in [5, 5.41) is 5.80. The number of rotatable bonds is 8. The Morgan fingerprint density at radius 2 is 1.58 bits per heavy atom. The number of amides is 1. The minimum Gasteiger partial charge on any atom is -0.492 e. The zero-order chi connectivity index (χ0) is 27.7. The van der Waals surface area contributed by atoms with Gasteiger partial charge in [-0.1, -0.05) is 30.3 Å². The number of carbonyl (C=O) groups is 1. The summed E-state index contributed by atoms with van der Waals surface area (Å²) in [4.78, 5) is 11.4. The van der Waals surface area contributed by atoms with Gasteiger partial charge < -0.3 is 9.15 Å². The molecule has 0 fully saturated rings. The predicted octanol–water partition coefficient (Wildman–Crippen LogP) is 4.20. The van der Waals surface area contributed by atoms with Crippen LogP contribution in [0.1, 0.15) is 16.8 Å². The number of fused-ring (bicyclic) bond motifs is 1. The van der Waals surface area contributed by atoms with Gasteiger partial charge in [-0.15, -0.1) is 0 Å². The number of nitrogens with one attached hydrogen (secondary N) is 1. The van der Waals surface area contributed by atoms with Crippen LogP contribution in [0.5, 0.6) is 5.75 Å². The Hall–Kier alpha value is -3.88. The molecule has 0 aliphatic heterocycles. The third kappa shape index (κ3) is 6.15. The molecule has 0 bridgehead atoms. The van der Waals surface area contributed by atoms with Crippen molar-refractivity contribution in [1.82, 2.24) is 4.72 Å². The summed E-state index contributed by atoms with van der Waals surface area (Å²) in [6.07, 6.45) is -5.78. The number of halogens is 3. The van der Waals surface area contributed by atoms with Crippen molar-refractivity contribution >= 4 is 36.9 Å². The molecule has 0 atom stereocenters. The highest BCUT2D eigenvalue weighted by Gasteiger charge is 2.28. The minimum absolute atomic E-state index is 0.164. The molecule has 0 aliphatic rings. The zero-order valence-corrected chi connectivity index (χ0v) is 20.9. The molecule has 0 saturated heterocycles. The van der Waals surface area contributed by atoms with Crippen molar-refractivity contribution in [3.63, 3.8) is 0 Å². The van der Waals surface area contributed by atoms with Crippen molar-refractivity contribution in [2.75, 3.05) is 6.61 Å². The highest BCUT2D eigenvalue weighted by atomic mass is 32.2. The average Bonchev–Trinajstić information content (AvgIpc) is 3.26. The number of ether oxygens (including phenoxy) is 1. The fourth-order valence-electron chi connectivity index (χ4n) is 3.52. The quantitative estimate of drug-likeness (QED) is 0.324. The van der Waals surface area contributed by atoms with E-state index in [4.69, 9.17) is 14.3 Å². The molecule has 200 valence electrons. The molecule has 0 saturated carbocycles. The highest BCUT2D eigenvalue weighted by molar-refractivity contribution is 7.92. The standard InChI is InChI=1S/C24H19F3N2O7S2/c25-24(26,27)11-12-35-19-14-16(9-10-17(19)20-13-15-5-1-2-6-18(15)36-20)23(30)29-38(33,34)22-8-4-3-7-21(22)37(28,31)32/h1-10,13-14H,11-12H2,(H,29,30)(H2,28,31,32). The molecule has 3 aromatic carbocycles. The lowest BCUT2D eigenvalue weighted by atomic mass is 10.1. The molecule has 0 spiro atoms. The minimum atomic E-state index is -4.72. The number of hydrogen-bond donors (Lipinski definition) is 2. The topological polar surface area (TPSA) is 146 Å². The Morgan fingerprint density at radius 1 is 0.921 bits per heavy atom. The van der Waals surface area contributed by atoms with Crippen molar-refractivity contribution in [2.24, 2.45) is 5.14 Å². The van der Waals surface area contributed by atoms with E-state index in [-0.39, 0.29) is 22.6 Å². The van der Waals surface area contributed by atoms with Gasteiger partial charge in [0.25, 0.3) is 15.9 Å². The van der Waals surface area contributed by atoms with Gasteiger partial charge in [0.05, 0.1) is 18.6 Å². The van der Waals surface area contributed by atoms with Gasteiger partial charge in [-0.05, 0) is 42.5 Å². The van der Waals surface area contributed by atoms with Crippen LogP contribution in [-0.2, 0) is 20.0 Å². The Morgan fingerprint density at radius 3 is 2.24 bits per heavy atom. The van der Waals surface area contributed by atoms with Crippen LogP contribution in [0.2, 0.25) is 0 Å². The fraction of sp³-hybridized carbons (Fsp3) is 0.125. The molecule has 0 radical (unpaired) electrons. The first-order valence-electron chi connectivity index (χ1n) is 10.8. The second kappa shape index (κ2) is 10.1. The van der Waals surface area contributed by atoms with Crippen molar-refractivity contribution in [3.8, 4) is 17.1 Å². The van der Waals surface area contributed by atoms with Gasteiger partial charge in [-0.3, -0.25) is 4.79 Å². The molecule has 1 aromatic heterocycles. The molecule has 14 heteroatoms. The van der Waals surface area contributed by atoms with E-state index in [9.17, 15) is 34.8 Å². The van der Waals surface area contributed by atoms with E-state index in [2.05, 4.69) is 0 Å². The summed E-state index contributed by atoms with van der Waals surface area (Å²) in [6, 6.07) is 16.6. The second-order valence-electron chi connectivity index (χ2n) is 8.00. The molecular formula is C24H19F3N2O7S2. The Labute approximate surface area is 215 Å². The van der Waals surface area contributed by atoms with Crippen LogP contribution >= 0.6 is 0 Å². The van der Waals surface area contributed by atoms with Gasteiger partial charge in [0, 0.05) is 10.9 Å². The molecule has 0 unspecified atom stereocenters. The summed E-state index contributed by atoms with van der Waals surface area (Å²) in [5.41, 5.74) is 0.441. The third-order valence-corrected chi connectivity index (χ3v) is 7.74. The summed E-state index contributed by atoms with van der Waals surface area (Å²) in [6.45, 7) is -0.776.